The van der Waals surface area contributed by atoms with Crippen LogP contribution in [-0.2, 0) is 4.43 Å². The Bertz CT molecular complexity index is 212. The van der Waals surface area contributed by atoms with Crippen molar-refractivity contribution in [2.24, 2.45) is 0 Å². The molecular weight excluding hydrogens is 208 g/mol. The predicted octanol–water partition coefficient (Wildman–Crippen LogP) is 1.89. The summed E-state index contributed by atoms with van der Waals surface area (Å²) < 4.78 is 6.12. The van der Waals surface area contributed by atoms with E-state index in [0.29, 0.717) is 12.8 Å². The van der Waals surface area contributed by atoms with Gasteiger partial charge in [-0.15, -0.1) is 0 Å². The van der Waals surface area contributed by atoms with Gasteiger partial charge in [-0.05, 0) is 18.1 Å². The third kappa shape index (κ3) is 3.03. The van der Waals surface area contributed by atoms with E-state index in [0.717, 1.165) is 0 Å². The molecule has 15 heavy (non-hydrogen) atoms. The van der Waals surface area contributed by atoms with Crippen LogP contribution < -0.4 is 0 Å². The molecule has 1 rings (SSSR count). The van der Waals surface area contributed by atoms with Crippen LogP contribution in [0.2, 0.25) is 18.1 Å². The van der Waals surface area contributed by atoms with Gasteiger partial charge in [0.25, 0.3) is 0 Å². The van der Waals surface area contributed by atoms with Gasteiger partial charge in [0.1, 0.15) is 0 Å². The molecule has 0 aromatic carbocycles. The van der Waals surface area contributed by atoms with Crippen LogP contribution in [0.1, 0.15) is 33.6 Å². The quantitative estimate of drug-likeness (QED) is 0.715. The van der Waals surface area contributed by atoms with Crippen molar-refractivity contribution in [2.75, 3.05) is 0 Å². The molecular formula is C11H24O3Si. The first-order valence-electron chi connectivity index (χ1n) is 5.67. The third-order valence-corrected chi connectivity index (χ3v) is 8.26. The number of aliphatic hydroxyl groups is 2. The van der Waals surface area contributed by atoms with Crippen LogP contribution >= 0.6 is 0 Å². The normalized spacial score (nSPS) is 33.4. The molecule has 2 N–H and O–H groups in total. The molecule has 1 aliphatic carbocycles. The van der Waals surface area contributed by atoms with Crippen molar-refractivity contribution in [3.05, 3.63) is 0 Å². The maximum absolute atomic E-state index is 9.45. The van der Waals surface area contributed by atoms with Gasteiger partial charge in [0.15, 0.2) is 8.32 Å². The van der Waals surface area contributed by atoms with Crippen LogP contribution in [0.3, 0.4) is 0 Å². The molecule has 0 spiro atoms. The molecule has 3 atom stereocenters. The minimum atomic E-state index is -1.75. The third-order valence-electron chi connectivity index (χ3n) is 3.72. The molecule has 1 fully saturated rings. The van der Waals surface area contributed by atoms with Crippen LogP contribution in [-0.4, -0.2) is 36.8 Å². The Kier molecular flexibility index (Phi) is 3.65. The lowest BCUT2D eigenvalue weighted by molar-refractivity contribution is 0.0438. The van der Waals surface area contributed by atoms with Crippen LogP contribution in [0.15, 0.2) is 0 Å². The molecule has 0 saturated heterocycles. The summed E-state index contributed by atoms with van der Waals surface area (Å²) in [6, 6.07) is 0. The Labute approximate surface area is 93.6 Å². The van der Waals surface area contributed by atoms with E-state index in [-0.39, 0.29) is 11.1 Å². The molecule has 3 nitrogen and oxygen atoms in total. The highest BCUT2D eigenvalue weighted by Crippen LogP contribution is 2.39. The van der Waals surface area contributed by atoms with E-state index in [9.17, 15) is 10.2 Å². The first-order chi connectivity index (χ1) is 6.63. The van der Waals surface area contributed by atoms with Gasteiger partial charge < -0.3 is 14.6 Å². The van der Waals surface area contributed by atoms with E-state index < -0.39 is 20.5 Å². The van der Waals surface area contributed by atoms with Gasteiger partial charge in [-0.3, -0.25) is 0 Å². The second-order valence-corrected chi connectivity index (χ2v) is 10.9. The van der Waals surface area contributed by atoms with E-state index in [4.69, 9.17) is 4.43 Å². The van der Waals surface area contributed by atoms with E-state index >= 15 is 0 Å². The Morgan fingerprint density at radius 2 is 1.47 bits per heavy atom. The van der Waals surface area contributed by atoms with Gasteiger partial charge in [-0.25, -0.2) is 0 Å². The van der Waals surface area contributed by atoms with E-state index in [2.05, 4.69) is 33.9 Å². The van der Waals surface area contributed by atoms with Crippen LogP contribution in [0.5, 0.6) is 0 Å². The zero-order valence-electron chi connectivity index (χ0n) is 10.4. The zero-order valence-corrected chi connectivity index (χ0v) is 11.4. The minimum absolute atomic E-state index is 0.0379. The SMILES string of the molecule is CC(C)(C)[Si](C)(C)OC1C[C@@H](O)[C@@H](O)C1. The molecule has 0 heterocycles. The zero-order chi connectivity index (χ0) is 11.9. The average Bonchev–Trinajstić information content (AvgIpc) is 2.27. The standard InChI is InChI=1S/C11H24O3Si/c1-11(2,3)15(4,5)14-8-6-9(12)10(13)7-8/h8-10,12-13H,6-7H2,1-5H3/t8?,9-,10+. The van der Waals surface area contributed by atoms with Gasteiger partial charge >= 0.3 is 0 Å². The van der Waals surface area contributed by atoms with Crippen LogP contribution in [0.25, 0.3) is 0 Å². The summed E-state index contributed by atoms with van der Waals surface area (Å²) in [5, 5.41) is 19.1. The molecule has 4 heteroatoms. The van der Waals surface area contributed by atoms with Gasteiger partial charge in [0, 0.05) is 12.8 Å². The van der Waals surface area contributed by atoms with Crippen molar-refractivity contribution >= 4 is 8.32 Å². The molecule has 0 aliphatic heterocycles. The Balaban J connectivity index is 2.56. The summed E-state index contributed by atoms with van der Waals surface area (Å²) in [5.74, 6) is 0. The molecule has 0 aromatic heterocycles. The number of hydrogen-bond acceptors (Lipinski definition) is 3. The summed E-state index contributed by atoms with van der Waals surface area (Å²) in [7, 11) is -1.75. The molecule has 0 radical (unpaired) electrons. The number of hydrogen-bond donors (Lipinski definition) is 2. The fourth-order valence-corrected chi connectivity index (χ4v) is 3.02. The monoisotopic (exact) mass is 232 g/mol. The lowest BCUT2D eigenvalue weighted by Crippen LogP contribution is -2.43. The second-order valence-electron chi connectivity index (χ2n) is 6.11. The van der Waals surface area contributed by atoms with E-state index in [1.807, 2.05) is 0 Å². The van der Waals surface area contributed by atoms with Crippen molar-refractivity contribution in [3.8, 4) is 0 Å². The highest BCUT2D eigenvalue weighted by molar-refractivity contribution is 6.74. The van der Waals surface area contributed by atoms with Crippen LogP contribution in [0, 0.1) is 0 Å². The average molecular weight is 232 g/mol. The molecule has 1 aliphatic rings. The Morgan fingerprint density at radius 3 is 1.80 bits per heavy atom. The molecule has 90 valence electrons. The van der Waals surface area contributed by atoms with E-state index in [1.165, 1.54) is 0 Å². The lowest BCUT2D eigenvalue weighted by Gasteiger charge is -2.38. The smallest absolute Gasteiger partial charge is 0.192 e. The molecule has 0 aromatic rings. The topological polar surface area (TPSA) is 49.7 Å². The summed E-state index contributed by atoms with van der Waals surface area (Å²) in [6.45, 7) is 11.0. The Morgan fingerprint density at radius 1 is 1.07 bits per heavy atom. The molecule has 0 amide bonds. The number of rotatable bonds is 2. The second kappa shape index (κ2) is 4.16. The van der Waals surface area contributed by atoms with Crippen molar-refractivity contribution < 1.29 is 14.6 Å². The lowest BCUT2D eigenvalue weighted by atomic mass is 10.2. The van der Waals surface area contributed by atoms with Crippen molar-refractivity contribution in [2.45, 2.75) is 70.1 Å². The fraction of sp³-hybridized carbons (Fsp3) is 1.00. The Hall–Kier alpha value is 0.0969. The minimum Gasteiger partial charge on any atom is -0.414 e. The van der Waals surface area contributed by atoms with Gasteiger partial charge in [-0.2, -0.15) is 0 Å². The van der Waals surface area contributed by atoms with E-state index in [1.54, 1.807) is 0 Å². The largest absolute Gasteiger partial charge is 0.414 e. The molecule has 0 bridgehead atoms. The summed E-state index contributed by atoms with van der Waals surface area (Å²) >= 11 is 0. The highest BCUT2D eigenvalue weighted by Gasteiger charge is 2.42. The van der Waals surface area contributed by atoms with Gasteiger partial charge in [0.05, 0.1) is 18.3 Å². The fourth-order valence-electron chi connectivity index (χ4n) is 1.64. The maximum atomic E-state index is 9.45. The molecule has 1 unspecified atom stereocenters. The van der Waals surface area contributed by atoms with Gasteiger partial charge in [-0.1, -0.05) is 20.8 Å². The first-order valence-corrected chi connectivity index (χ1v) is 8.58. The molecule has 1 saturated carbocycles. The van der Waals surface area contributed by atoms with Gasteiger partial charge in [0.2, 0.25) is 0 Å². The van der Waals surface area contributed by atoms with Crippen molar-refractivity contribution in [1.82, 2.24) is 0 Å². The summed E-state index contributed by atoms with van der Waals surface area (Å²) in [5.41, 5.74) is 0. The number of aliphatic hydroxyl groups excluding tert-OH is 2. The van der Waals surface area contributed by atoms with Crippen molar-refractivity contribution in [3.63, 3.8) is 0 Å². The summed E-state index contributed by atoms with van der Waals surface area (Å²) in [6.07, 6.45) is -0.00289. The summed E-state index contributed by atoms with van der Waals surface area (Å²) in [4.78, 5) is 0. The maximum Gasteiger partial charge on any atom is 0.192 e. The van der Waals surface area contributed by atoms with Crippen molar-refractivity contribution in [1.29, 1.82) is 0 Å². The first kappa shape index (κ1) is 13.2. The predicted molar refractivity (Wildman–Crippen MR) is 63.3 cm³/mol. The highest BCUT2D eigenvalue weighted by atomic mass is 28.4. The van der Waals surface area contributed by atoms with Crippen LogP contribution in [0.4, 0.5) is 0 Å².